The average Bonchev–Trinajstić information content (AvgIpc) is 3.48. The number of hydrogen-bond donors (Lipinski definition) is 1. The van der Waals surface area contributed by atoms with Gasteiger partial charge in [-0.3, -0.25) is 4.68 Å². The van der Waals surface area contributed by atoms with E-state index >= 15 is 0 Å². The highest BCUT2D eigenvalue weighted by molar-refractivity contribution is 5.88. The molecule has 1 fully saturated rings. The molecule has 1 atom stereocenters. The van der Waals surface area contributed by atoms with Crippen molar-refractivity contribution in [3.8, 4) is 11.1 Å². The highest BCUT2D eigenvalue weighted by atomic mass is 19.1. The molecule has 0 saturated carbocycles. The van der Waals surface area contributed by atoms with Crippen LogP contribution in [0.15, 0.2) is 36.7 Å². The average molecular weight is 555 g/mol. The molecule has 1 unspecified atom stereocenters. The molecule has 0 spiro atoms. The predicted molar refractivity (Wildman–Crippen MR) is 143 cm³/mol. The first kappa shape index (κ1) is 28.5. The first-order valence-electron chi connectivity index (χ1n) is 12.7. The first-order valence-corrected chi connectivity index (χ1v) is 12.7. The van der Waals surface area contributed by atoms with Gasteiger partial charge in [0.05, 0.1) is 23.8 Å². The summed E-state index contributed by atoms with van der Waals surface area (Å²) < 4.78 is 21.3. The van der Waals surface area contributed by atoms with Crippen molar-refractivity contribution in [2.75, 3.05) is 18.5 Å². The number of carboxylic acid groups (broad SMARTS) is 1. The molecule has 0 aliphatic carbocycles. The maximum absolute atomic E-state index is 14.3. The standard InChI is InChI=1S/C27H31FN6O6/c1-27(2,3)40-26(37)31(4)15-21-20(14-32(5)30-21)18-12-23(24(29-13-18)34(38)39)33-8-6-7-22(33)16-9-17(25(35)36)11-19(28)10-16/h9-14,22H,6-8,15H2,1-5H3,(H,35,36). The van der Waals surface area contributed by atoms with Crippen molar-refractivity contribution >= 4 is 23.6 Å². The van der Waals surface area contributed by atoms with E-state index in [0.29, 0.717) is 41.8 Å². The minimum absolute atomic E-state index is 0.116. The van der Waals surface area contributed by atoms with Gasteiger partial charge in [-0.05, 0) is 73.3 Å². The van der Waals surface area contributed by atoms with Crippen molar-refractivity contribution in [2.45, 2.75) is 51.8 Å². The number of rotatable bonds is 7. The molecule has 1 aromatic carbocycles. The number of nitrogens with zero attached hydrogens (tertiary/aromatic N) is 6. The molecule has 12 nitrogen and oxygen atoms in total. The highest BCUT2D eigenvalue weighted by Crippen LogP contribution is 2.42. The van der Waals surface area contributed by atoms with E-state index < -0.39 is 34.4 Å². The number of aryl methyl sites for hydroxylation is 1. The minimum atomic E-state index is -1.26. The third kappa shape index (κ3) is 6.19. The van der Waals surface area contributed by atoms with Gasteiger partial charge in [0, 0.05) is 38.0 Å². The van der Waals surface area contributed by atoms with Crippen molar-refractivity contribution in [2.24, 2.45) is 7.05 Å². The Bertz CT molecular complexity index is 1470. The van der Waals surface area contributed by atoms with Crippen molar-refractivity contribution in [3.63, 3.8) is 0 Å². The van der Waals surface area contributed by atoms with Gasteiger partial charge in [-0.2, -0.15) is 5.10 Å². The number of halogens is 1. The fourth-order valence-corrected chi connectivity index (χ4v) is 4.80. The second kappa shape index (κ2) is 10.9. The zero-order valence-corrected chi connectivity index (χ0v) is 22.9. The van der Waals surface area contributed by atoms with Gasteiger partial charge in [-0.25, -0.2) is 14.0 Å². The summed E-state index contributed by atoms with van der Waals surface area (Å²) in [6.07, 6.45) is 3.79. The van der Waals surface area contributed by atoms with Crippen molar-refractivity contribution in [1.82, 2.24) is 19.7 Å². The van der Waals surface area contributed by atoms with Gasteiger partial charge in [0.2, 0.25) is 0 Å². The third-order valence-electron chi connectivity index (χ3n) is 6.44. The van der Waals surface area contributed by atoms with Gasteiger partial charge in [0.25, 0.3) is 0 Å². The number of hydrogen-bond acceptors (Lipinski definition) is 8. The first-order chi connectivity index (χ1) is 18.7. The van der Waals surface area contributed by atoms with Crippen LogP contribution < -0.4 is 4.90 Å². The van der Waals surface area contributed by atoms with Gasteiger partial charge in [-0.1, -0.05) is 0 Å². The van der Waals surface area contributed by atoms with E-state index in [2.05, 4.69) is 10.1 Å². The Morgan fingerprint density at radius 1 is 1.27 bits per heavy atom. The second-order valence-corrected chi connectivity index (χ2v) is 10.8. The molecule has 1 amide bonds. The maximum atomic E-state index is 14.3. The number of carbonyl (C=O) groups is 2. The Morgan fingerprint density at radius 2 is 2.00 bits per heavy atom. The molecule has 13 heteroatoms. The number of aromatic carboxylic acids is 1. The number of pyridine rings is 1. The summed E-state index contributed by atoms with van der Waals surface area (Å²) in [5.41, 5.74) is 1.46. The topological polar surface area (TPSA) is 144 Å². The molecular formula is C27H31FN6O6. The quantitative estimate of drug-likeness (QED) is 0.317. The molecule has 3 aromatic rings. The van der Waals surface area contributed by atoms with Gasteiger partial charge in [-0.15, -0.1) is 0 Å². The van der Waals surface area contributed by atoms with Crippen molar-refractivity contribution < 1.29 is 28.7 Å². The lowest BCUT2D eigenvalue weighted by Gasteiger charge is -2.27. The van der Waals surface area contributed by atoms with Gasteiger partial charge in [0.15, 0.2) is 0 Å². The Balaban J connectivity index is 1.73. The molecule has 212 valence electrons. The molecule has 0 radical (unpaired) electrons. The monoisotopic (exact) mass is 554 g/mol. The van der Waals surface area contributed by atoms with E-state index in [0.717, 1.165) is 6.07 Å². The summed E-state index contributed by atoms with van der Waals surface area (Å²) in [5.74, 6) is -2.33. The minimum Gasteiger partial charge on any atom is -0.478 e. The van der Waals surface area contributed by atoms with Gasteiger partial charge in [0.1, 0.15) is 23.3 Å². The largest absolute Gasteiger partial charge is 0.478 e. The highest BCUT2D eigenvalue weighted by Gasteiger charge is 2.33. The van der Waals surface area contributed by atoms with Crippen LogP contribution in [0.4, 0.5) is 20.7 Å². The SMILES string of the molecule is CN(Cc1nn(C)cc1-c1cnc([N+](=O)[O-])c(N2CCCC2c2cc(F)cc(C(=O)O)c2)c1)C(=O)OC(C)(C)C. The lowest BCUT2D eigenvalue weighted by Crippen LogP contribution is -2.34. The molecule has 1 N–H and O–H groups in total. The second-order valence-electron chi connectivity index (χ2n) is 10.8. The zero-order valence-electron chi connectivity index (χ0n) is 22.9. The van der Waals surface area contributed by atoms with Crippen molar-refractivity contribution in [1.29, 1.82) is 0 Å². The van der Waals surface area contributed by atoms with E-state index in [4.69, 9.17) is 4.74 Å². The summed E-state index contributed by atoms with van der Waals surface area (Å²) in [7, 11) is 3.31. The molecule has 2 aromatic heterocycles. The van der Waals surface area contributed by atoms with E-state index in [-0.39, 0.29) is 23.6 Å². The predicted octanol–water partition coefficient (Wildman–Crippen LogP) is 4.94. The van der Waals surface area contributed by atoms with E-state index in [1.165, 1.54) is 23.2 Å². The molecule has 40 heavy (non-hydrogen) atoms. The number of anilines is 1. The molecular weight excluding hydrogens is 523 g/mol. The van der Waals surface area contributed by atoms with Crippen LogP contribution in [-0.4, -0.2) is 61.0 Å². The van der Waals surface area contributed by atoms with Crippen LogP contribution >= 0.6 is 0 Å². The molecule has 3 heterocycles. The Kier molecular flexibility index (Phi) is 7.76. The number of nitro groups is 1. The van der Waals surface area contributed by atoms with Crippen LogP contribution in [0, 0.1) is 15.9 Å². The molecule has 0 bridgehead atoms. The Hall–Kier alpha value is -4.55. The summed E-state index contributed by atoms with van der Waals surface area (Å²) in [5, 5.41) is 25.9. The number of carboxylic acids is 1. The lowest BCUT2D eigenvalue weighted by molar-refractivity contribution is -0.388. The van der Waals surface area contributed by atoms with Gasteiger partial charge >= 0.3 is 17.9 Å². The van der Waals surface area contributed by atoms with E-state index in [1.807, 2.05) is 0 Å². The van der Waals surface area contributed by atoms with Crippen LogP contribution in [0.3, 0.4) is 0 Å². The Labute approximate surface area is 230 Å². The summed E-state index contributed by atoms with van der Waals surface area (Å²) in [4.78, 5) is 42.8. The van der Waals surface area contributed by atoms with E-state index in [1.54, 1.807) is 56.7 Å². The van der Waals surface area contributed by atoms with Crippen LogP contribution in [0.5, 0.6) is 0 Å². The molecule has 1 aliphatic rings. The number of ether oxygens (including phenoxy) is 1. The number of amides is 1. The molecule has 4 rings (SSSR count). The van der Waals surface area contributed by atoms with Crippen LogP contribution in [-0.2, 0) is 18.3 Å². The summed E-state index contributed by atoms with van der Waals surface area (Å²) in [6.45, 7) is 5.86. The lowest BCUT2D eigenvalue weighted by atomic mass is 10.0. The normalized spacial score (nSPS) is 15.2. The smallest absolute Gasteiger partial charge is 0.410 e. The summed E-state index contributed by atoms with van der Waals surface area (Å²) in [6, 6.07) is 4.73. The van der Waals surface area contributed by atoms with E-state index in [9.17, 15) is 29.2 Å². The number of benzene rings is 1. The van der Waals surface area contributed by atoms with Crippen LogP contribution in [0.25, 0.3) is 11.1 Å². The zero-order chi connectivity index (χ0) is 29.4. The third-order valence-corrected chi connectivity index (χ3v) is 6.44. The van der Waals surface area contributed by atoms with Crippen LogP contribution in [0.2, 0.25) is 0 Å². The Morgan fingerprint density at radius 3 is 2.65 bits per heavy atom. The van der Waals surface area contributed by atoms with Crippen LogP contribution in [0.1, 0.15) is 61.3 Å². The van der Waals surface area contributed by atoms with Crippen molar-refractivity contribution in [3.05, 3.63) is 69.4 Å². The summed E-state index contributed by atoms with van der Waals surface area (Å²) >= 11 is 0. The maximum Gasteiger partial charge on any atom is 0.410 e. The molecule has 1 aliphatic heterocycles. The fraction of sp³-hybridized carbons (Fsp3) is 0.407. The van der Waals surface area contributed by atoms with Gasteiger partial charge < -0.3 is 29.8 Å². The number of carbonyl (C=O) groups excluding carboxylic acids is 1. The molecule has 1 saturated heterocycles. The number of aromatic nitrogens is 3. The fourth-order valence-electron chi connectivity index (χ4n) is 4.80.